The average Bonchev–Trinajstić information content (AvgIpc) is 2.33. The van der Waals surface area contributed by atoms with Crippen molar-refractivity contribution in [2.24, 2.45) is 0 Å². The van der Waals surface area contributed by atoms with Crippen LogP contribution in [0.25, 0.3) is 0 Å². The van der Waals surface area contributed by atoms with Crippen molar-refractivity contribution in [3.8, 4) is 0 Å². The molecule has 0 bridgehead atoms. The fourth-order valence-electron chi connectivity index (χ4n) is 0.908. The predicted octanol–water partition coefficient (Wildman–Crippen LogP) is 3.04. The van der Waals surface area contributed by atoms with Crippen molar-refractivity contribution in [2.75, 3.05) is 0 Å². The Kier molecular flexibility index (Phi) is 3.12. The Hall–Kier alpha value is -0.540. The van der Waals surface area contributed by atoms with Crippen LogP contribution in [-0.4, -0.2) is 5.11 Å². The van der Waals surface area contributed by atoms with Gasteiger partial charge < -0.3 is 9.52 Å². The second kappa shape index (κ2) is 3.92. The summed E-state index contributed by atoms with van der Waals surface area (Å²) in [5.41, 5.74) is 1.06. The third-order valence-corrected chi connectivity index (χ3v) is 2.06. The van der Waals surface area contributed by atoms with E-state index in [2.05, 4.69) is 15.9 Å². The topological polar surface area (TPSA) is 33.4 Å². The first-order chi connectivity index (χ1) is 5.61. The van der Waals surface area contributed by atoms with E-state index in [0.29, 0.717) is 5.76 Å². The van der Waals surface area contributed by atoms with Crippen molar-refractivity contribution in [2.45, 2.75) is 20.0 Å². The zero-order chi connectivity index (χ0) is 9.14. The second-order valence-electron chi connectivity index (χ2n) is 2.82. The molecule has 1 heterocycles. The van der Waals surface area contributed by atoms with Gasteiger partial charge in [0.2, 0.25) is 0 Å². The van der Waals surface area contributed by atoms with Gasteiger partial charge in [-0.1, -0.05) is 5.57 Å². The molecule has 1 rings (SSSR count). The summed E-state index contributed by atoms with van der Waals surface area (Å²) < 4.78 is 5.88. The predicted molar refractivity (Wildman–Crippen MR) is 50.8 cm³/mol. The van der Waals surface area contributed by atoms with E-state index in [0.717, 1.165) is 10.0 Å². The molecule has 0 aliphatic carbocycles. The minimum atomic E-state index is -0.653. The first-order valence-electron chi connectivity index (χ1n) is 3.67. The highest BCUT2D eigenvalue weighted by molar-refractivity contribution is 9.10. The molecule has 0 saturated carbocycles. The SMILES string of the molecule is CC(C)=CC(O)c1occc1Br. The Morgan fingerprint density at radius 2 is 2.33 bits per heavy atom. The average molecular weight is 231 g/mol. The van der Waals surface area contributed by atoms with Gasteiger partial charge in [-0.2, -0.15) is 0 Å². The maximum absolute atomic E-state index is 9.56. The lowest BCUT2D eigenvalue weighted by atomic mass is 10.2. The minimum absolute atomic E-state index is 0.552. The number of hydrogen-bond donors (Lipinski definition) is 1. The van der Waals surface area contributed by atoms with Gasteiger partial charge in [-0.25, -0.2) is 0 Å². The smallest absolute Gasteiger partial charge is 0.150 e. The van der Waals surface area contributed by atoms with Crippen molar-refractivity contribution in [3.63, 3.8) is 0 Å². The highest BCUT2D eigenvalue weighted by Crippen LogP contribution is 2.25. The number of aliphatic hydroxyl groups excluding tert-OH is 1. The highest BCUT2D eigenvalue weighted by atomic mass is 79.9. The standard InChI is InChI=1S/C9H11BrO2/c1-6(2)5-8(11)9-7(10)3-4-12-9/h3-5,8,11H,1-2H3. The molecule has 1 aromatic rings. The molecule has 0 saturated heterocycles. The molecule has 1 aromatic heterocycles. The van der Waals surface area contributed by atoms with Crippen molar-refractivity contribution < 1.29 is 9.52 Å². The monoisotopic (exact) mass is 230 g/mol. The van der Waals surface area contributed by atoms with Crippen LogP contribution in [-0.2, 0) is 0 Å². The van der Waals surface area contributed by atoms with E-state index in [4.69, 9.17) is 4.42 Å². The fourth-order valence-corrected chi connectivity index (χ4v) is 1.34. The number of aliphatic hydroxyl groups is 1. The van der Waals surface area contributed by atoms with Crippen LogP contribution >= 0.6 is 15.9 Å². The van der Waals surface area contributed by atoms with Crippen LogP contribution in [0.4, 0.5) is 0 Å². The molecule has 0 aliphatic rings. The molecule has 0 aromatic carbocycles. The first kappa shape index (κ1) is 9.55. The van der Waals surface area contributed by atoms with Crippen molar-refractivity contribution in [3.05, 3.63) is 34.2 Å². The fraction of sp³-hybridized carbons (Fsp3) is 0.333. The summed E-state index contributed by atoms with van der Waals surface area (Å²) in [6, 6.07) is 1.76. The summed E-state index contributed by atoms with van der Waals surface area (Å²) in [6.45, 7) is 3.86. The summed E-state index contributed by atoms with van der Waals surface area (Å²) in [5.74, 6) is 0.552. The Labute approximate surface area is 80.0 Å². The van der Waals surface area contributed by atoms with Gasteiger partial charge in [0.25, 0.3) is 0 Å². The van der Waals surface area contributed by atoms with Crippen LogP contribution in [0.3, 0.4) is 0 Å². The van der Waals surface area contributed by atoms with Crippen LogP contribution in [0.5, 0.6) is 0 Å². The Bertz CT molecular complexity index is 284. The summed E-state index contributed by atoms with van der Waals surface area (Å²) in [5, 5.41) is 9.56. The minimum Gasteiger partial charge on any atom is -0.465 e. The summed E-state index contributed by atoms with van der Waals surface area (Å²) in [7, 11) is 0. The molecule has 2 nitrogen and oxygen atoms in total. The molecule has 0 radical (unpaired) electrons. The normalized spacial score (nSPS) is 12.7. The highest BCUT2D eigenvalue weighted by Gasteiger charge is 2.11. The van der Waals surface area contributed by atoms with Crippen molar-refractivity contribution in [1.82, 2.24) is 0 Å². The van der Waals surface area contributed by atoms with Crippen LogP contribution in [0, 0.1) is 0 Å². The maximum Gasteiger partial charge on any atom is 0.150 e. The van der Waals surface area contributed by atoms with Gasteiger partial charge in [-0.05, 0) is 41.9 Å². The summed E-state index contributed by atoms with van der Waals surface area (Å²) >= 11 is 3.27. The van der Waals surface area contributed by atoms with Gasteiger partial charge in [0.1, 0.15) is 11.9 Å². The third-order valence-electron chi connectivity index (χ3n) is 1.40. The van der Waals surface area contributed by atoms with Gasteiger partial charge in [0.05, 0.1) is 10.7 Å². The van der Waals surface area contributed by atoms with Crippen molar-refractivity contribution >= 4 is 15.9 Å². The molecule has 3 heteroatoms. The number of allylic oxidation sites excluding steroid dienone is 1. The molecule has 1 N–H and O–H groups in total. The van der Waals surface area contributed by atoms with Gasteiger partial charge in [0, 0.05) is 0 Å². The van der Waals surface area contributed by atoms with E-state index in [1.165, 1.54) is 0 Å². The zero-order valence-corrected chi connectivity index (χ0v) is 8.63. The van der Waals surface area contributed by atoms with E-state index in [-0.39, 0.29) is 0 Å². The quantitative estimate of drug-likeness (QED) is 0.793. The lowest BCUT2D eigenvalue weighted by Gasteiger charge is -2.02. The first-order valence-corrected chi connectivity index (χ1v) is 4.46. The molecule has 1 unspecified atom stereocenters. The Morgan fingerprint density at radius 3 is 2.75 bits per heavy atom. The Balaban J connectivity index is 2.85. The Morgan fingerprint density at radius 1 is 1.67 bits per heavy atom. The van der Waals surface area contributed by atoms with E-state index in [1.54, 1.807) is 18.4 Å². The van der Waals surface area contributed by atoms with Crippen LogP contribution in [0.2, 0.25) is 0 Å². The molecular weight excluding hydrogens is 220 g/mol. The molecule has 1 atom stereocenters. The maximum atomic E-state index is 9.56. The largest absolute Gasteiger partial charge is 0.465 e. The number of furan rings is 1. The molecule has 12 heavy (non-hydrogen) atoms. The van der Waals surface area contributed by atoms with Gasteiger partial charge in [-0.15, -0.1) is 0 Å². The summed E-state index contributed by atoms with van der Waals surface area (Å²) in [6.07, 6.45) is 2.63. The van der Waals surface area contributed by atoms with Gasteiger partial charge in [-0.3, -0.25) is 0 Å². The van der Waals surface area contributed by atoms with Crippen LogP contribution < -0.4 is 0 Å². The van der Waals surface area contributed by atoms with E-state index in [9.17, 15) is 5.11 Å². The van der Waals surface area contributed by atoms with Gasteiger partial charge >= 0.3 is 0 Å². The zero-order valence-electron chi connectivity index (χ0n) is 7.04. The molecule has 0 amide bonds. The van der Waals surface area contributed by atoms with Crippen LogP contribution in [0.1, 0.15) is 25.7 Å². The molecule has 0 aliphatic heterocycles. The summed E-state index contributed by atoms with van der Waals surface area (Å²) in [4.78, 5) is 0. The van der Waals surface area contributed by atoms with Crippen molar-refractivity contribution in [1.29, 1.82) is 0 Å². The van der Waals surface area contributed by atoms with Crippen LogP contribution in [0.15, 0.2) is 32.9 Å². The third kappa shape index (κ3) is 2.22. The molecule has 66 valence electrons. The van der Waals surface area contributed by atoms with E-state index in [1.807, 2.05) is 13.8 Å². The lowest BCUT2D eigenvalue weighted by molar-refractivity contribution is 0.195. The van der Waals surface area contributed by atoms with E-state index >= 15 is 0 Å². The van der Waals surface area contributed by atoms with Gasteiger partial charge in [0.15, 0.2) is 0 Å². The number of rotatable bonds is 2. The molecular formula is C9H11BrO2. The molecule has 0 fully saturated rings. The lowest BCUT2D eigenvalue weighted by Crippen LogP contribution is -1.91. The second-order valence-corrected chi connectivity index (χ2v) is 3.68. The van der Waals surface area contributed by atoms with E-state index < -0.39 is 6.10 Å². The number of hydrogen-bond acceptors (Lipinski definition) is 2. The number of halogens is 1. The molecule has 0 spiro atoms.